The molecule has 0 aromatic carbocycles. The van der Waals surface area contributed by atoms with Crippen molar-refractivity contribution < 1.29 is 8.78 Å². The molecule has 14 heavy (non-hydrogen) atoms. The quantitative estimate of drug-likeness (QED) is 0.793. The second kappa shape index (κ2) is 3.59. The Morgan fingerprint density at radius 1 is 1.36 bits per heavy atom. The Hall–Kier alpha value is -1.06. The zero-order valence-electron chi connectivity index (χ0n) is 7.92. The van der Waals surface area contributed by atoms with Crippen LogP contribution in [-0.4, -0.2) is 17.1 Å². The first-order valence-corrected chi connectivity index (χ1v) is 4.90. The van der Waals surface area contributed by atoms with Gasteiger partial charge >= 0.3 is 0 Å². The van der Waals surface area contributed by atoms with Gasteiger partial charge in [0.25, 0.3) is 0 Å². The van der Waals surface area contributed by atoms with E-state index in [4.69, 9.17) is 0 Å². The normalized spacial score (nSPS) is 25.1. The molecule has 1 aromatic heterocycles. The monoisotopic (exact) mass is 200 g/mol. The number of hydrogen-bond acceptors (Lipinski definition) is 1. The summed E-state index contributed by atoms with van der Waals surface area (Å²) in [6, 6.07) is 3.80. The first-order valence-electron chi connectivity index (χ1n) is 4.90. The average molecular weight is 200 g/mol. The minimum Gasteiger partial charge on any atom is -0.326 e. The summed E-state index contributed by atoms with van der Waals surface area (Å²) in [5, 5.41) is 0. The highest BCUT2D eigenvalue weighted by atomic mass is 19.3. The number of rotatable bonds is 3. The van der Waals surface area contributed by atoms with Gasteiger partial charge in [0.05, 0.1) is 0 Å². The van der Waals surface area contributed by atoms with Gasteiger partial charge in [-0.05, 0) is 24.5 Å². The molecule has 4 heteroatoms. The first-order chi connectivity index (χ1) is 6.66. The summed E-state index contributed by atoms with van der Waals surface area (Å²) in [5.74, 6) is -2.32. The lowest BCUT2D eigenvalue weighted by Gasteiger charge is -2.13. The molecule has 0 bridgehead atoms. The predicted octanol–water partition coefficient (Wildman–Crippen LogP) is 2.47. The largest absolute Gasteiger partial charge is 0.326 e. The second-order valence-corrected chi connectivity index (χ2v) is 3.92. The average Bonchev–Trinajstić information content (AvgIpc) is 2.70. The van der Waals surface area contributed by atoms with E-state index in [1.54, 1.807) is 4.68 Å². The molecule has 0 amide bonds. The molecule has 1 aliphatic rings. The van der Waals surface area contributed by atoms with Gasteiger partial charge in [-0.3, -0.25) is 4.68 Å². The number of hydrogen-bond donors (Lipinski definition) is 1. The Morgan fingerprint density at radius 3 is 2.64 bits per heavy atom. The summed E-state index contributed by atoms with van der Waals surface area (Å²) in [4.78, 5) is 0. The lowest BCUT2D eigenvalue weighted by molar-refractivity contribution is 0.00548. The van der Waals surface area contributed by atoms with E-state index >= 15 is 0 Å². The zero-order chi connectivity index (χ0) is 10.0. The van der Waals surface area contributed by atoms with Crippen LogP contribution >= 0.6 is 0 Å². The Morgan fingerprint density at radius 2 is 2.07 bits per heavy atom. The van der Waals surface area contributed by atoms with Crippen LogP contribution in [0.4, 0.5) is 8.78 Å². The van der Waals surface area contributed by atoms with Crippen LogP contribution in [0.3, 0.4) is 0 Å². The molecule has 0 aliphatic heterocycles. The van der Waals surface area contributed by atoms with Crippen LogP contribution < -0.4 is 5.43 Å². The molecule has 1 unspecified atom stereocenters. The van der Waals surface area contributed by atoms with Gasteiger partial charge in [-0.1, -0.05) is 0 Å². The lowest BCUT2D eigenvalue weighted by atomic mass is 10.1. The maximum absolute atomic E-state index is 12.8. The molecule has 2 rings (SSSR count). The zero-order valence-corrected chi connectivity index (χ0v) is 7.92. The minimum absolute atomic E-state index is 0.0290. The van der Waals surface area contributed by atoms with E-state index in [9.17, 15) is 8.78 Å². The molecular weight excluding hydrogens is 186 g/mol. The molecule has 1 saturated carbocycles. The number of nitrogens with zero attached hydrogens (tertiary/aromatic N) is 1. The van der Waals surface area contributed by atoms with Gasteiger partial charge in [-0.25, -0.2) is 8.78 Å². The van der Waals surface area contributed by atoms with Crippen LogP contribution in [-0.2, 0) is 0 Å². The number of aromatic nitrogens is 1. The Bertz CT molecular complexity index is 282. The van der Waals surface area contributed by atoms with Crippen LogP contribution in [0, 0.1) is 5.92 Å². The molecule has 1 aliphatic carbocycles. The SMILES string of the molecule is FC1(F)CCC(CNn2cccc2)C1. The minimum atomic E-state index is -2.43. The van der Waals surface area contributed by atoms with Crippen molar-refractivity contribution in [3.63, 3.8) is 0 Å². The maximum atomic E-state index is 12.8. The maximum Gasteiger partial charge on any atom is 0.248 e. The van der Waals surface area contributed by atoms with Crippen molar-refractivity contribution in [2.75, 3.05) is 12.0 Å². The number of alkyl halides is 2. The van der Waals surface area contributed by atoms with Crippen LogP contribution in [0.15, 0.2) is 24.5 Å². The van der Waals surface area contributed by atoms with Crippen molar-refractivity contribution >= 4 is 0 Å². The highest BCUT2D eigenvalue weighted by molar-refractivity contribution is 4.94. The van der Waals surface area contributed by atoms with Gasteiger partial charge in [0.15, 0.2) is 0 Å². The third-order valence-corrected chi connectivity index (χ3v) is 2.67. The standard InChI is InChI=1S/C10H14F2N2/c11-10(12)4-3-9(7-10)8-13-14-5-1-2-6-14/h1-2,5-6,9,13H,3-4,7-8H2. The highest BCUT2D eigenvalue weighted by Crippen LogP contribution is 2.38. The van der Waals surface area contributed by atoms with Gasteiger partial charge in [0, 0.05) is 31.8 Å². The molecule has 78 valence electrons. The fraction of sp³-hybridized carbons (Fsp3) is 0.600. The topological polar surface area (TPSA) is 17.0 Å². The third-order valence-electron chi connectivity index (χ3n) is 2.67. The Balaban J connectivity index is 1.78. The Labute approximate surface area is 81.9 Å². The van der Waals surface area contributed by atoms with E-state index in [1.165, 1.54) is 0 Å². The molecule has 1 fully saturated rings. The van der Waals surface area contributed by atoms with E-state index < -0.39 is 5.92 Å². The van der Waals surface area contributed by atoms with E-state index in [-0.39, 0.29) is 18.8 Å². The van der Waals surface area contributed by atoms with Crippen molar-refractivity contribution in [1.82, 2.24) is 4.68 Å². The summed E-state index contributed by atoms with van der Waals surface area (Å²) < 4.78 is 27.5. The van der Waals surface area contributed by atoms with Crippen molar-refractivity contribution in [3.8, 4) is 0 Å². The van der Waals surface area contributed by atoms with Crippen LogP contribution in [0.5, 0.6) is 0 Å². The van der Waals surface area contributed by atoms with E-state index in [2.05, 4.69) is 5.43 Å². The van der Waals surface area contributed by atoms with Crippen LogP contribution in [0.2, 0.25) is 0 Å². The van der Waals surface area contributed by atoms with Crippen molar-refractivity contribution in [2.24, 2.45) is 5.92 Å². The summed E-state index contributed by atoms with van der Waals surface area (Å²) in [7, 11) is 0. The Kier molecular flexibility index (Phi) is 2.44. The van der Waals surface area contributed by atoms with Gasteiger partial charge in [0.2, 0.25) is 5.92 Å². The van der Waals surface area contributed by atoms with Gasteiger partial charge in [-0.15, -0.1) is 0 Å². The molecule has 1 atom stereocenters. The van der Waals surface area contributed by atoms with E-state index in [0.717, 1.165) is 0 Å². The van der Waals surface area contributed by atoms with Crippen LogP contribution in [0.25, 0.3) is 0 Å². The molecule has 1 aromatic rings. The molecule has 2 nitrogen and oxygen atoms in total. The van der Waals surface area contributed by atoms with Gasteiger partial charge in [-0.2, -0.15) is 0 Å². The molecular formula is C10H14F2N2. The van der Waals surface area contributed by atoms with Gasteiger partial charge < -0.3 is 5.43 Å². The number of nitrogens with one attached hydrogen (secondary N) is 1. The molecule has 0 spiro atoms. The smallest absolute Gasteiger partial charge is 0.248 e. The summed E-state index contributed by atoms with van der Waals surface area (Å²) in [6.45, 7) is 0.629. The highest BCUT2D eigenvalue weighted by Gasteiger charge is 2.39. The van der Waals surface area contributed by atoms with Crippen LogP contribution in [0.1, 0.15) is 19.3 Å². The number of halogens is 2. The lowest BCUT2D eigenvalue weighted by Crippen LogP contribution is -2.21. The van der Waals surface area contributed by atoms with E-state index in [1.807, 2.05) is 24.5 Å². The van der Waals surface area contributed by atoms with Crippen molar-refractivity contribution in [3.05, 3.63) is 24.5 Å². The first kappa shape index (κ1) is 9.49. The van der Waals surface area contributed by atoms with Crippen molar-refractivity contribution in [2.45, 2.75) is 25.2 Å². The molecule has 1 heterocycles. The summed E-state index contributed by atoms with van der Waals surface area (Å²) >= 11 is 0. The molecule has 0 saturated heterocycles. The fourth-order valence-electron chi connectivity index (χ4n) is 1.89. The van der Waals surface area contributed by atoms with Gasteiger partial charge in [0.1, 0.15) is 0 Å². The summed E-state index contributed by atoms with van der Waals surface area (Å²) in [6.07, 6.45) is 4.44. The predicted molar refractivity (Wildman–Crippen MR) is 50.9 cm³/mol. The van der Waals surface area contributed by atoms with Crippen molar-refractivity contribution in [1.29, 1.82) is 0 Å². The summed E-state index contributed by atoms with van der Waals surface area (Å²) in [5.41, 5.74) is 3.09. The molecule has 1 N–H and O–H groups in total. The fourth-order valence-corrected chi connectivity index (χ4v) is 1.89. The molecule has 0 radical (unpaired) electrons. The third kappa shape index (κ3) is 2.25. The second-order valence-electron chi connectivity index (χ2n) is 3.92. The van der Waals surface area contributed by atoms with E-state index in [0.29, 0.717) is 13.0 Å².